The summed E-state index contributed by atoms with van der Waals surface area (Å²) >= 11 is 0. The minimum absolute atomic E-state index is 0.113. The highest BCUT2D eigenvalue weighted by Crippen LogP contribution is 2.16. The smallest absolute Gasteiger partial charge is 0.0270 e. The lowest BCUT2D eigenvalue weighted by atomic mass is 9.88. The average molecular weight is 113 g/mol. The van der Waals surface area contributed by atoms with Crippen molar-refractivity contribution in [1.82, 2.24) is 0 Å². The summed E-state index contributed by atoms with van der Waals surface area (Å²) < 4.78 is 0. The molecule has 1 nitrogen and oxygen atoms in total. The van der Waals surface area contributed by atoms with Crippen LogP contribution in [0, 0.1) is 5.41 Å². The molecule has 2 N–H and O–H groups in total. The minimum atomic E-state index is 0.113. The zero-order chi connectivity index (χ0) is 6.78. The first-order valence-corrected chi connectivity index (χ1v) is 2.86. The predicted octanol–water partition coefficient (Wildman–Crippen LogP) is 1.55. The normalized spacial score (nSPS) is 15.5. The van der Waals surface area contributed by atoms with E-state index in [9.17, 15) is 0 Å². The van der Waals surface area contributed by atoms with Gasteiger partial charge < -0.3 is 5.73 Å². The Kier molecular flexibility index (Phi) is 2.23. The summed E-state index contributed by atoms with van der Waals surface area (Å²) in [6.45, 7) is 9.89. The summed E-state index contributed by atoms with van der Waals surface area (Å²) in [7, 11) is 0. The van der Waals surface area contributed by atoms with Crippen LogP contribution in [0.15, 0.2) is 12.7 Å². The lowest BCUT2D eigenvalue weighted by Crippen LogP contribution is -2.32. The molecule has 0 aliphatic carbocycles. The summed E-state index contributed by atoms with van der Waals surface area (Å²) in [4.78, 5) is 0. The van der Waals surface area contributed by atoms with E-state index in [4.69, 9.17) is 5.73 Å². The maximum Gasteiger partial charge on any atom is 0.0270 e. The van der Waals surface area contributed by atoms with Gasteiger partial charge in [-0.25, -0.2) is 0 Å². The maximum absolute atomic E-state index is 5.63. The molecule has 8 heavy (non-hydrogen) atoms. The fourth-order valence-corrected chi connectivity index (χ4v) is 0.354. The van der Waals surface area contributed by atoms with Gasteiger partial charge >= 0.3 is 0 Å². The van der Waals surface area contributed by atoms with Crippen LogP contribution in [-0.2, 0) is 0 Å². The molecule has 0 aromatic rings. The highest BCUT2D eigenvalue weighted by atomic mass is 14.6. The van der Waals surface area contributed by atoms with Crippen molar-refractivity contribution >= 4 is 0 Å². The molecule has 0 spiro atoms. The highest BCUT2D eigenvalue weighted by molar-refractivity contribution is 4.91. The number of nitrogens with two attached hydrogens (primary N) is 1. The van der Waals surface area contributed by atoms with Gasteiger partial charge in [0.1, 0.15) is 0 Å². The van der Waals surface area contributed by atoms with Gasteiger partial charge in [0, 0.05) is 6.04 Å². The molecule has 0 aromatic carbocycles. The average Bonchev–Trinajstić information content (AvgIpc) is 1.62. The van der Waals surface area contributed by atoms with Crippen molar-refractivity contribution in [1.29, 1.82) is 0 Å². The van der Waals surface area contributed by atoms with Gasteiger partial charge in [0.2, 0.25) is 0 Å². The first-order valence-electron chi connectivity index (χ1n) is 2.86. The van der Waals surface area contributed by atoms with E-state index in [-0.39, 0.29) is 11.5 Å². The molecule has 0 saturated carbocycles. The van der Waals surface area contributed by atoms with Gasteiger partial charge in [0.25, 0.3) is 0 Å². The fourth-order valence-electron chi connectivity index (χ4n) is 0.354. The topological polar surface area (TPSA) is 26.0 Å². The van der Waals surface area contributed by atoms with Gasteiger partial charge in [-0.3, -0.25) is 0 Å². The third-order valence-corrected chi connectivity index (χ3v) is 1.25. The molecule has 0 rings (SSSR count). The van der Waals surface area contributed by atoms with Crippen LogP contribution in [0.1, 0.15) is 20.8 Å². The lowest BCUT2D eigenvalue weighted by Gasteiger charge is -2.23. The molecule has 0 heterocycles. The Morgan fingerprint density at radius 1 is 1.50 bits per heavy atom. The van der Waals surface area contributed by atoms with Crippen LogP contribution in [0.25, 0.3) is 0 Å². The van der Waals surface area contributed by atoms with E-state index in [1.165, 1.54) is 0 Å². The van der Waals surface area contributed by atoms with Crippen LogP contribution >= 0.6 is 0 Å². The molecule has 0 aromatic heterocycles. The molecule has 0 amide bonds. The zero-order valence-electron chi connectivity index (χ0n) is 5.94. The van der Waals surface area contributed by atoms with Gasteiger partial charge in [0.05, 0.1) is 0 Å². The minimum Gasteiger partial charge on any atom is -0.324 e. The first kappa shape index (κ1) is 7.70. The first-order chi connectivity index (χ1) is 3.48. The van der Waals surface area contributed by atoms with E-state index in [1.54, 1.807) is 6.08 Å². The molecule has 0 aliphatic rings. The standard InChI is InChI=1S/C7H15N/c1-5-6(8)7(2,3)4/h5-6H,1,8H2,2-4H3. The fraction of sp³-hybridized carbons (Fsp3) is 0.714. The number of hydrogen-bond donors (Lipinski definition) is 1. The molecule has 0 bridgehead atoms. The molecule has 1 unspecified atom stereocenters. The van der Waals surface area contributed by atoms with Crippen LogP contribution in [0.5, 0.6) is 0 Å². The van der Waals surface area contributed by atoms with Gasteiger partial charge in [-0.05, 0) is 5.41 Å². The van der Waals surface area contributed by atoms with E-state index < -0.39 is 0 Å². The number of rotatable bonds is 1. The quantitative estimate of drug-likeness (QED) is 0.513. The van der Waals surface area contributed by atoms with Crippen molar-refractivity contribution in [3.63, 3.8) is 0 Å². The van der Waals surface area contributed by atoms with Gasteiger partial charge in [-0.2, -0.15) is 0 Å². The second kappa shape index (κ2) is 2.31. The third kappa shape index (κ3) is 2.12. The Morgan fingerprint density at radius 3 is 1.88 bits per heavy atom. The SMILES string of the molecule is C=CC(N)C(C)(C)C. The molecular weight excluding hydrogens is 98.1 g/mol. The predicted molar refractivity (Wildman–Crippen MR) is 37.6 cm³/mol. The number of hydrogen-bond acceptors (Lipinski definition) is 1. The second-order valence-corrected chi connectivity index (χ2v) is 3.13. The van der Waals surface area contributed by atoms with Crippen LogP contribution in [0.2, 0.25) is 0 Å². The summed E-state index contributed by atoms with van der Waals surface area (Å²) in [6, 6.07) is 0.113. The van der Waals surface area contributed by atoms with Crippen LogP contribution in [0.3, 0.4) is 0 Å². The van der Waals surface area contributed by atoms with Crippen molar-refractivity contribution in [2.24, 2.45) is 11.1 Å². The monoisotopic (exact) mass is 113 g/mol. The van der Waals surface area contributed by atoms with Crippen molar-refractivity contribution < 1.29 is 0 Å². The van der Waals surface area contributed by atoms with E-state index >= 15 is 0 Å². The Balaban J connectivity index is 3.80. The van der Waals surface area contributed by atoms with E-state index in [0.29, 0.717) is 0 Å². The Labute approximate surface area is 51.6 Å². The third-order valence-electron chi connectivity index (χ3n) is 1.25. The maximum atomic E-state index is 5.63. The molecule has 48 valence electrons. The molecular formula is C7H15N. The van der Waals surface area contributed by atoms with E-state index in [0.717, 1.165) is 0 Å². The van der Waals surface area contributed by atoms with Crippen molar-refractivity contribution in [2.75, 3.05) is 0 Å². The summed E-state index contributed by atoms with van der Waals surface area (Å²) in [5, 5.41) is 0. The Hall–Kier alpha value is -0.300. The van der Waals surface area contributed by atoms with Crippen molar-refractivity contribution in [3.05, 3.63) is 12.7 Å². The van der Waals surface area contributed by atoms with Gasteiger partial charge in [-0.15, -0.1) is 6.58 Å². The van der Waals surface area contributed by atoms with Crippen LogP contribution < -0.4 is 5.73 Å². The molecule has 0 aliphatic heterocycles. The van der Waals surface area contributed by atoms with Crippen LogP contribution in [0.4, 0.5) is 0 Å². The van der Waals surface area contributed by atoms with E-state index in [1.807, 2.05) is 0 Å². The van der Waals surface area contributed by atoms with E-state index in [2.05, 4.69) is 27.4 Å². The van der Waals surface area contributed by atoms with Gasteiger partial charge in [-0.1, -0.05) is 26.8 Å². The Bertz CT molecular complexity index is 78.9. The highest BCUT2D eigenvalue weighted by Gasteiger charge is 2.16. The Morgan fingerprint density at radius 2 is 1.88 bits per heavy atom. The largest absolute Gasteiger partial charge is 0.324 e. The van der Waals surface area contributed by atoms with Gasteiger partial charge in [0.15, 0.2) is 0 Å². The van der Waals surface area contributed by atoms with Crippen molar-refractivity contribution in [2.45, 2.75) is 26.8 Å². The molecule has 1 atom stereocenters. The molecule has 0 radical (unpaired) electrons. The second-order valence-electron chi connectivity index (χ2n) is 3.13. The molecule has 0 fully saturated rings. The molecule has 0 saturated heterocycles. The summed E-state index contributed by atoms with van der Waals surface area (Å²) in [5.41, 5.74) is 5.80. The van der Waals surface area contributed by atoms with Crippen LogP contribution in [-0.4, -0.2) is 6.04 Å². The lowest BCUT2D eigenvalue weighted by molar-refractivity contribution is 0.366. The van der Waals surface area contributed by atoms with Crippen molar-refractivity contribution in [3.8, 4) is 0 Å². The summed E-state index contributed by atoms with van der Waals surface area (Å²) in [5.74, 6) is 0. The zero-order valence-corrected chi connectivity index (χ0v) is 5.94. The molecule has 1 heteroatoms. The summed E-state index contributed by atoms with van der Waals surface area (Å²) in [6.07, 6.45) is 1.78.